The maximum absolute atomic E-state index is 13.1. The van der Waals surface area contributed by atoms with Gasteiger partial charge in [0.2, 0.25) is 0 Å². The lowest BCUT2D eigenvalue weighted by molar-refractivity contribution is -0.159. The van der Waals surface area contributed by atoms with Gasteiger partial charge in [-0.05, 0) is 74.0 Å². The topological polar surface area (TPSA) is 55.8 Å². The van der Waals surface area contributed by atoms with E-state index in [4.69, 9.17) is 14.6 Å². The number of hydrogen-bond acceptors (Lipinski definition) is 3. The van der Waals surface area contributed by atoms with Crippen LogP contribution < -0.4 is 4.74 Å². The Kier molecular flexibility index (Phi) is 4.37. The summed E-state index contributed by atoms with van der Waals surface area (Å²) in [5, 5.41) is 9.00. The highest BCUT2D eigenvalue weighted by Crippen LogP contribution is 2.54. The molecule has 1 N–H and O–H groups in total. The van der Waals surface area contributed by atoms with E-state index in [0.717, 1.165) is 55.7 Å². The van der Waals surface area contributed by atoms with E-state index in [1.807, 2.05) is 0 Å². The normalized spacial score (nSPS) is 32.7. The Bertz CT molecular complexity index is 673. The van der Waals surface area contributed by atoms with Gasteiger partial charge in [-0.3, -0.25) is 0 Å². The fraction of sp³-hybridized carbons (Fsp3) is 0.632. The summed E-state index contributed by atoms with van der Waals surface area (Å²) in [5.41, 5.74) is -1.24. The highest BCUT2D eigenvalue weighted by atomic mass is 19.4. The largest absolute Gasteiger partial charge is 0.478 e. The van der Waals surface area contributed by atoms with Crippen molar-refractivity contribution in [1.82, 2.24) is 0 Å². The van der Waals surface area contributed by atoms with E-state index < -0.39 is 23.5 Å². The molecule has 5 rings (SSSR count). The second-order valence-corrected chi connectivity index (χ2v) is 7.84. The Balaban J connectivity index is 1.44. The first-order chi connectivity index (χ1) is 12.3. The van der Waals surface area contributed by atoms with Gasteiger partial charge in [-0.25, -0.2) is 4.79 Å². The summed E-state index contributed by atoms with van der Waals surface area (Å²) < 4.78 is 50.5. The van der Waals surface area contributed by atoms with Gasteiger partial charge in [-0.1, -0.05) is 0 Å². The molecule has 0 aliphatic heterocycles. The Morgan fingerprint density at radius 1 is 1.08 bits per heavy atom. The number of halogens is 3. The van der Waals surface area contributed by atoms with Crippen LogP contribution in [0.25, 0.3) is 0 Å². The molecule has 0 aromatic heterocycles. The predicted molar refractivity (Wildman–Crippen MR) is 85.8 cm³/mol. The lowest BCUT2D eigenvalue weighted by Gasteiger charge is -2.53. The predicted octanol–water partition coefficient (Wildman–Crippen LogP) is 4.58. The summed E-state index contributed by atoms with van der Waals surface area (Å²) >= 11 is 0. The van der Waals surface area contributed by atoms with Gasteiger partial charge >= 0.3 is 12.1 Å². The van der Waals surface area contributed by atoms with E-state index in [0.29, 0.717) is 11.8 Å². The van der Waals surface area contributed by atoms with Crippen LogP contribution in [-0.2, 0) is 10.9 Å². The van der Waals surface area contributed by atoms with Gasteiger partial charge < -0.3 is 14.6 Å². The van der Waals surface area contributed by atoms with E-state index >= 15 is 0 Å². The number of carboxylic acid groups (broad SMARTS) is 1. The molecule has 4 aliphatic carbocycles. The number of hydrogen-bond donors (Lipinski definition) is 1. The van der Waals surface area contributed by atoms with Crippen LogP contribution in [-0.4, -0.2) is 24.0 Å². The Hall–Kier alpha value is -1.76. The first-order valence-corrected chi connectivity index (χ1v) is 9.00. The molecule has 26 heavy (non-hydrogen) atoms. The van der Waals surface area contributed by atoms with Crippen molar-refractivity contribution in [2.45, 2.75) is 44.4 Å². The number of aromatic carboxylic acids is 1. The van der Waals surface area contributed by atoms with Crippen LogP contribution in [0.3, 0.4) is 0 Å². The highest BCUT2D eigenvalue weighted by molar-refractivity contribution is 5.88. The third kappa shape index (κ3) is 3.29. The molecule has 0 heterocycles. The fourth-order valence-electron chi connectivity index (χ4n) is 5.33. The molecule has 7 heteroatoms. The summed E-state index contributed by atoms with van der Waals surface area (Å²) in [6.07, 6.45) is 1.29. The molecule has 0 unspecified atom stereocenters. The zero-order chi connectivity index (χ0) is 18.5. The van der Waals surface area contributed by atoms with Gasteiger partial charge in [0.25, 0.3) is 0 Å². The Morgan fingerprint density at radius 3 is 2.23 bits per heavy atom. The molecule has 142 valence electrons. The average Bonchev–Trinajstić information content (AvgIpc) is 2.55. The molecule has 4 saturated carbocycles. The maximum atomic E-state index is 13.1. The van der Waals surface area contributed by atoms with Gasteiger partial charge in [-0.2, -0.15) is 13.2 Å². The molecule has 4 aliphatic rings. The molecule has 0 saturated heterocycles. The molecular formula is C19H21F3O4. The van der Waals surface area contributed by atoms with Gasteiger partial charge in [0.1, 0.15) is 5.75 Å². The van der Waals surface area contributed by atoms with Gasteiger partial charge in [-0.15, -0.1) is 0 Å². The van der Waals surface area contributed by atoms with Crippen LogP contribution in [0, 0.1) is 23.7 Å². The van der Waals surface area contributed by atoms with Crippen molar-refractivity contribution in [3.8, 4) is 5.75 Å². The molecule has 1 aromatic rings. The van der Waals surface area contributed by atoms with Gasteiger partial charge in [0, 0.05) is 0 Å². The third-order valence-corrected chi connectivity index (χ3v) is 6.15. The minimum absolute atomic E-state index is 0.0415. The summed E-state index contributed by atoms with van der Waals surface area (Å²) in [6, 6.07) is 2.57. The van der Waals surface area contributed by atoms with Crippen LogP contribution in [0.15, 0.2) is 18.2 Å². The molecule has 0 amide bonds. The molecule has 4 nitrogen and oxygen atoms in total. The van der Waals surface area contributed by atoms with Crippen molar-refractivity contribution >= 4 is 5.97 Å². The molecule has 0 radical (unpaired) electrons. The van der Waals surface area contributed by atoms with Crippen LogP contribution in [0.4, 0.5) is 13.2 Å². The highest BCUT2D eigenvalue weighted by Gasteiger charge is 2.48. The fourth-order valence-corrected chi connectivity index (χ4v) is 5.33. The van der Waals surface area contributed by atoms with Crippen molar-refractivity contribution in [3.05, 3.63) is 29.3 Å². The van der Waals surface area contributed by atoms with Crippen molar-refractivity contribution in [2.75, 3.05) is 6.79 Å². The Morgan fingerprint density at radius 2 is 1.69 bits per heavy atom. The second-order valence-electron chi connectivity index (χ2n) is 7.84. The zero-order valence-electron chi connectivity index (χ0n) is 14.2. The molecule has 4 fully saturated rings. The summed E-state index contributed by atoms with van der Waals surface area (Å²) in [4.78, 5) is 11.0. The van der Waals surface area contributed by atoms with Crippen molar-refractivity contribution in [3.63, 3.8) is 0 Å². The van der Waals surface area contributed by atoms with Gasteiger partial charge in [0.05, 0.1) is 17.2 Å². The number of ether oxygens (including phenoxy) is 2. The maximum Gasteiger partial charge on any atom is 0.419 e. The van der Waals surface area contributed by atoms with Crippen molar-refractivity contribution in [2.24, 2.45) is 23.7 Å². The van der Waals surface area contributed by atoms with Crippen LogP contribution >= 0.6 is 0 Å². The molecular weight excluding hydrogens is 349 g/mol. The minimum Gasteiger partial charge on any atom is -0.478 e. The Labute approximate surface area is 149 Å². The van der Waals surface area contributed by atoms with Crippen molar-refractivity contribution < 1.29 is 32.5 Å². The van der Waals surface area contributed by atoms with Crippen molar-refractivity contribution in [1.29, 1.82) is 0 Å². The quantitative estimate of drug-likeness (QED) is 0.771. The number of rotatable bonds is 5. The number of carboxylic acids is 1. The van der Waals surface area contributed by atoms with E-state index in [-0.39, 0.29) is 18.5 Å². The number of carbonyl (C=O) groups is 1. The third-order valence-electron chi connectivity index (χ3n) is 6.15. The first-order valence-electron chi connectivity index (χ1n) is 9.00. The molecule has 0 spiro atoms. The lowest BCUT2D eigenvalue weighted by Crippen LogP contribution is -2.49. The standard InChI is InChI=1S/C19H21F3O4/c20-19(21,22)15-2-1-12(18(23)24)8-16(15)25-9-26-17-13-4-10-3-11(6-13)7-14(17)5-10/h1-2,8,10-11,13-14,17H,3-7,9H2,(H,23,24). The van der Waals surface area contributed by atoms with E-state index in [1.165, 1.54) is 6.42 Å². The lowest BCUT2D eigenvalue weighted by atomic mass is 9.55. The summed E-state index contributed by atoms with van der Waals surface area (Å²) in [6.45, 7) is -0.293. The number of alkyl halides is 3. The molecule has 0 atom stereocenters. The number of benzene rings is 1. The van der Waals surface area contributed by atoms with Crippen LogP contribution in [0.2, 0.25) is 0 Å². The smallest absolute Gasteiger partial charge is 0.419 e. The van der Waals surface area contributed by atoms with E-state index in [2.05, 4.69) is 0 Å². The monoisotopic (exact) mass is 370 g/mol. The SMILES string of the molecule is O=C(O)c1ccc(C(F)(F)F)c(OCOC2C3CC4CC(C3)CC2C4)c1. The van der Waals surface area contributed by atoms with Crippen LogP contribution in [0.1, 0.15) is 48.0 Å². The second kappa shape index (κ2) is 6.44. The van der Waals surface area contributed by atoms with Crippen LogP contribution in [0.5, 0.6) is 5.75 Å². The van der Waals surface area contributed by atoms with E-state index in [9.17, 15) is 18.0 Å². The summed E-state index contributed by atoms with van der Waals surface area (Å²) in [5.74, 6) is 0.709. The molecule has 1 aromatic carbocycles. The average molecular weight is 370 g/mol. The first kappa shape index (κ1) is 17.6. The minimum atomic E-state index is -4.62. The molecule has 4 bridgehead atoms. The zero-order valence-corrected chi connectivity index (χ0v) is 14.2. The van der Waals surface area contributed by atoms with Gasteiger partial charge in [0.15, 0.2) is 6.79 Å². The summed E-state index contributed by atoms with van der Waals surface area (Å²) in [7, 11) is 0. The van der Waals surface area contributed by atoms with E-state index in [1.54, 1.807) is 0 Å².